The van der Waals surface area contributed by atoms with Crippen LogP contribution in [0.1, 0.15) is 15.9 Å². The Bertz CT molecular complexity index is 868. The first-order chi connectivity index (χ1) is 12.1. The highest BCUT2D eigenvalue weighted by Gasteiger charge is 2.12. The number of halogens is 1. The molecule has 3 rings (SSSR count). The molecule has 0 saturated carbocycles. The molecule has 0 aliphatic carbocycles. The lowest BCUT2D eigenvalue weighted by Crippen LogP contribution is -2.24. The van der Waals surface area contributed by atoms with Gasteiger partial charge in [0.1, 0.15) is 17.3 Å². The first-order valence-electron chi connectivity index (χ1n) is 7.64. The molecule has 1 heterocycles. The maximum Gasteiger partial charge on any atom is 0.256 e. The second kappa shape index (κ2) is 7.44. The molecule has 0 radical (unpaired) electrons. The standard InChI is InChI=1S/C19H16FN3O2/c20-18-16(10-11-17(21)23-18)19(24)22-12-13-6-8-15(9-7-13)25-14-4-2-1-3-5-14/h1-11H,12H2,(H2,21,23)(H,22,24). The van der Waals surface area contributed by atoms with Crippen LogP contribution < -0.4 is 15.8 Å². The molecular weight excluding hydrogens is 321 g/mol. The molecule has 0 fully saturated rings. The maximum absolute atomic E-state index is 13.6. The number of rotatable bonds is 5. The molecule has 0 saturated heterocycles. The Kier molecular flexibility index (Phi) is 4.89. The van der Waals surface area contributed by atoms with Crippen LogP contribution in [0.15, 0.2) is 66.7 Å². The van der Waals surface area contributed by atoms with Crippen LogP contribution in [-0.2, 0) is 6.54 Å². The minimum absolute atomic E-state index is 0.0306. The van der Waals surface area contributed by atoms with Crippen LogP contribution >= 0.6 is 0 Å². The predicted octanol–water partition coefficient (Wildman–Crippen LogP) is 3.53. The molecule has 1 aromatic heterocycles. The number of pyridine rings is 1. The average Bonchev–Trinajstić information content (AvgIpc) is 2.62. The summed E-state index contributed by atoms with van der Waals surface area (Å²) in [6.07, 6.45) is 0. The van der Waals surface area contributed by atoms with Crippen molar-refractivity contribution in [2.75, 3.05) is 5.73 Å². The van der Waals surface area contributed by atoms with Crippen molar-refractivity contribution < 1.29 is 13.9 Å². The summed E-state index contributed by atoms with van der Waals surface area (Å²) in [6.45, 7) is 0.258. The smallest absolute Gasteiger partial charge is 0.256 e. The third kappa shape index (κ3) is 4.32. The lowest BCUT2D eigenvalue weighted by Gasteiger charge is -2.08. The summed E-state index contributed by atoms with van der Waals surface area (Å²) < 4.78 is 19.3. The zero-order chi connectivity index (χ0) is 17.6. The molecule has 0 unspecified atom stereocenters. The van der Waals surface area contributed by atoms with Gasteiger partial charge in [0.05, 0.1) is 5.56 Å². The third-order valence-corrected chi connectivity index (χ3v) is 3.47. The molecule has 3 N–H and O–H groups in total. The Labute approximate surface area is 144 Å². The highest BCUT2D eigenvalue weighted by molar-refractivity contribution is 5.94. The van der Waals surface area contributed by atoms with Crippen LogP contribution in [0.25, 0.3) is 0 Å². The lowest BCUT2D eigenvalue weighted by molar-refractivity contribution is 0.0946. The zero-order valence-corrected chi connectivity index (χ0v) is 13.3. The van der Waals surface area contributed by atoms with Crippen LogP contribution in [0.5, 0.6) is 11.5 Å². The van der Waals surface area contributed by atoms with E-state index in [1.807, 2.05) is 42.5 Å². The van der Waals surface area contributed by atoms with Crippen LogP contribution in [0.4, 0.5) is 10.2 Å². The quantitative estimate of drug-likeness (QED) is 0.698. The number of amides is 1. The summed E-state index contributed by atoms with van der Waals surface area (Å²) in [5, 5.41) is 2.64. The number of para-hydroxylation sites is 1. The summed E-state index contributed by atoms with van der Waals surface area (Å²) in [7, 11) is 0. The van der Waals surface area contributed by atoms with E-state index in [2.05, 4.69) is 10.3 Å². The van der Waals surface area contributed by atoms with Crippen molar-refractivity contribution in [3.63, 3.8) is 0 Å². The molecule has 0 atom stereocenters. The summed E-state index contributed by atoms with van der Waals surface area (Å²) in [5.41, 5.74) is 6.09. The van der Waals surface area contributed by atoms with Crippen molar-refractivity contribution in [2.24, 2.45) is 0 Å². The molecule has 1 amide bonds. The maximum atomic E-state index is 13.6. The number of hydrogen-bond acceptors (Lipinski definition) is 4. The number of benzene rings is 2. The largest absolute Gasteiger partial charge is 0.457 e. The summed E-state index contributed by atoms with van der Waals surface area (Å²) in [5.74, 6) is 0.0340. The van der Waals surface area contributed by atoms with Gasteiger partial charge in [-0.2, -0.15) is 4.39 Å². The van der Waals surface area contributed by atoms with Crippen molar-refractivity contribution in [1.29, 1.82) is 0 Å². The van der Waals surface area contributed by atoms with Gasteiger partial charge in [0.2, 0.25) is 5.95 Å². The van der Waals surface area contributed by atoms with Crippen molar-refractivity contribution in [1.82, 2.24) is 10.3 Å². The van der Waals surface area contributed by atoms with Gasteiger partial charge >= 0.3 is 0 Å². The van der Waals surface area contributed by atoms with E-state index in [9.17, 15) is 9.18 Å². The molecule has 0 aliphatic heterocycles. The van der Waals surface area contributed by atoms with Crippen LogP contribution in [0.2, 0.25) is 0 Å². The van der Waals surface area contributed by atoms with Crippen molar-refractivity contribution in [2.45, 2.75) is 6.54 Å². The Morgan fingerprint density at radius 1 is 1.00 bits per heavy atom. The van der Waals surface area contributed by atoms with Crippen LogP contribution in [0.3, 0.4) is 0 Å². The van der Waals surface area contributed by atoms with Crippen molar-refractivity contribution in [3.05, 3.63) is 83.8 Å². The van der Waals surface area contributed by atoms with E-state index < -0.39 is 11.9 Å². The summed E-state index contributed by atoms with van der Waals surface area (Å²) in [4.78, 5) is 15.4. The van der Waals surface area contributed by atoms with Gasteiger partial charge in [0, 0.05) is 6.54 Å². The zero-order valence-electron chi connectivity index (χ0n) is 13.3. The predicted molar refractivity (Wildman–Crippen MR) is 92.7 cm³/mol. The van der Waals surface area contributed by atoms with Gasteiger partial charge in [-0.15, -0.1) is 0 Å². The number of carbonyl (C=O) groups is 1. The molecule has 3 aromatic rings. The number of carbonyl (C=O) groups excluding carboxylic acids is 1. The van der Waals surface area contributed by atoms with Gasteiger partial charge in [0.25, 0.3) is 5.91 Å². The number of ether oxygens (including phenoxy) is 1. The van der Waals surface area contributed by atoms with Crippen molar-refractivity contribution in [3.8, 4) is 11.5 Å². The van der Waals surface area contributed by atoms with E-state index in [4.69, 9.17) is 10.5 Å². The van der Waals surface area contributed by atoms with E-state index in [1.54, 1.807) is 12.1 Å². The molecule has 5 nitrogen and oxygen atoms in total. The average molecular weight is 337 g/mol. The number of nitrogens with two attached hydrogens (primary N) is 1. The van der Waals surface area contributed by atoms with Gasteiger partial charge in [-0.25, -0.2) is 4.98 Å². The van der Waals surface area contributed by atoms with E-state index in [-0.39, 0.29) is 17.9 Å². The number of nitrogens with one attached hydrogen (secondary N) is 1. The minimum atomic E-state index is -0.885. The normalized spacial score (nSPS) is 10.3. The molecule has 6 heteroatoms. The Morgan fingerprint density at radius 2 is 1.68 bits per heavy atom. The van der Waals surface area contributed by atoms with Gasteiger partial charge in [-0.05, 0) is 42.0 Å². The summed E-state index contributed by atoms with van der Waals surface area (Å²) in [6, 6.07) is 19.4. The first-order valence-corrected chi connectivity index (χ1v) is 7.64. The number of aromatic nitrogens is 1. The number of nitrogen functional groups attached to an aromatic ring is 1. The van der Waals surface area contributed by atoms with Crippen molar-refractivity contribution >= 4 is 11.7 Å². The third-order valence-electron chi connectivity index (χ3n) is 3.47. The van der Waals surface area contributed by atoms with E-state index in [0.29, 0.717) is 5.75 Å². The second-order valence-corrected chi connectivity index (χ2v) is 5.32. The summed E-state index contributed by atoms with van der Waals surface area (Å²) >= 11 is 0. The molecule has 0 aliphatic rings. The van der Waals surface area contributed by atoms with Gasteiger partial charge in [-0.3, -0.25) is 4.79 Å². The molecule has 25 heavy (non-hydrogen) atoms. The van der Waals surface area contributed by atoms with Gasteiger partial charge < -0.3 is 15.8 Å². The first kappa shape index (κ1) is 16.4. The van der Waals surface area contributed by atoms with E-state index >= 15 is 0 Å². The molecule has 0 spiro atoms. The lowest BCUT2D eigenvalue weighted by atomic mass is 10.2. The Morgan fingerprint density at radius 3 is 2.36 bits per heavy atom. The monoisotopic (exact) mass is 337 g/mol. The molecular formula is C19H16FN3O2. The Balaban J connectivity index is 1.59. The molecule has 2 aromatic carbocycles. The fourth-order valence-corrected chi connectivity index (χ4v) is 2.20. The molecule has 126 valence electrons. The number of nitrogens with zero attached hydrogens (tertiary/aromatic N) is 1. The highest BCUT2D eigenvalue weighted by Crippen LogP contribution is 2.21. The topological polar surface area (TPSA) is 77.2 Å². The second-order valence-electron chi connectivity index (χ2n) is 5.32. The van der Waals surface area contributed by atoms with Gasteiger partial charge in [-0.1, -0.05) is 30.3 Å². The van der Waals surface area contributed by atoms with E-state index in [1.165, 1.54) is 12.1 Å². The Hall–Kier alpha value is -3.41. The number of anilines is 1. The fraction of sp³-hybridized carbons (Fsp3) is 0.0526. The molecule has 0 bridgehead atoms. The SMILES string of the molecule is Nc1ccc(C(=O)NCc2ccc(Oc3ccccc3)cc2)c(F)n1. The highest BCUT2D eigenvalue weighted by atomic mass is 19.1. The number of hydrogen-bond donors (Lipinski definition) is 2. The van der Waals surface area contributed by atoms with Crippen LogP contribution in [0, 0.1) is 5.95 Å². The van der Waals surface area contributed by atoms with E-state index in [0.717, 1.165) is 11.3 Å². The fourth-order valence-electron chi connectivity index (χ4n) is 2.20. The van der Waals surface area contributed by atoms with Gasteiger partial charge in [0.15, 0.2) is 0 Å². The van der Waals surface area contributed by atoms with Crippen LogP contribution in [-0.4, -0.2) is 10.9 Å². The minimum Gasteiger partial charge on any atom is -0.457 e.